The third-order valence-corrected chi connectivity index (χ3v) is 4.68. The van der Waals surface area contributed by atoms with Gasteiger partial charge < -0.3 is 9.66 Å². The Hall–Kier alpha value is -2.31. The van der Waals surface area contributed by atoms with E-state index in [4.69, 9.17) is 0 Å². The molecule has 0 aliphatic heterocycles. The van der Waals surface area contributed by atoms with E-state index in [1.54, 1.807) is 30.3 Å². The Morgan fingerprint density at radius 2 is 1.77 bits per heavy atom. The predicted molar refractivity (Wildman–Crippen MR) is 98.0 cm³/mol. The van der Waals surface area contributed by atoms with Crippen LogP contribution in [0.3, 0.4) is 0 Å². The molecule has 0 atom stereocenters. The molecular weight excluding hydrogens is 481 g/mol. The Morgan fingerprint density at radius 1 is 1.16 bits per heavy atom. The number of phenols is 1. The first-order valence-corrected chi connectivity index (χ1v) is 9.26. The molecule has 2 N–H and O–H groups in total. The van der Waals surface area contributed by atoms with Gasteiger partial charge in [-0.25, -0.2) is 13.1 Å². The molecule has 0 amide bonds. The fourth-order valence-corrected chi connectivity index (χ4v) is 3.08. The van der Waals surface area contributed by atoms with Gasteiger partial charge in [-0.3, -0.25) is 20.0 Å². The molecular formula is C16H12CrN5NaO7S. The average molecular weight is 493 g/mol. The molecule has 0 saturated carbocycles. The summed E-state index contributed by atoms with van der Waals surface area (Å²) in [6, 6.07) is 9.66. The number of aromatic nitrogens is 2. The number of nitro groups is 1. The summed E-state index contributed by atoms with van der Waals surface area (Å²) in [4.78, 5) is 21.4. The topological polar surface area (TPSA) is 183 Å². The van der Waals surface area contributed by atoms with E-state index in [2.05, 4.69) is 15.3 Å². The maximum Gasteiger partial charge on any atom is 1.00 e. The maximum absolute atomic E-state index is 12.6. The zero-order chi connectivity index (χ0) is 21.3. The van der Waals surface area contributed by atoms with Crippen molar-refractivity contribution >= 4 is 27.2 Å². The van der Waals surface area contributed by atoms with Gasteiger partial charge in [0.25, 0.3) is 11.2 Å². The standard InChI is InChI=1S/C16H13N5O7S.Cr.Na/c1-9-14(16(23)20(19-9)10-5-3-2-4-6-10)18-17-12-7-11(21(24)25)8-13(15(12)22)29(26,27)28;;/h2-8,19,22H,1H3,(H,26,27,28);;/q;;+1/p-1. The van der Waals surface area contributed by atoms with Gasteiger partial charge in [0.15, 0.2) is 11.4 Å². The van der Waals surface area contributed by atoms with E-state index in [1.165, 1.54) is 11.6 Å². The predicted octanol–water partition coefficient (Wildman–Crippen LogP) is -0.591. The molecule has 3 rings (SSSR count). The Morgan fingerprint density at radius 3 is 2.32 bits per heavy atom. The molecule has 0 fully saturated rings. The number of para-hydroxylation sites is 1. The summed E-state index contributed by atoms with van der Waals surface area (Å²) in [5, 5.41) is 31.0. The summed E-state index contributed by atoms with van der Waals surface area (Å²) in [6.07, 6.45) is 0. The number of H-pyrrole nitrogens is 1. The van der Waals surface area contributed by atoms with E-state index in [0.29, 0.717) is 17.4 Å². The van der Waals surface area contributed by atoms with Crippen molar-refractivity contribution in [1.82, 2.24) is 9.78 Å². The third kappa shape index (κ3) is 5.69. The van der Waals surface area contributed by atoms with Crippen LogP contribution < -0.4 is 35.1 Å². The fraction of sp³-hybridized carbons (Fsp3) is 0.0625. The molecule has 12 nitrogen and oxygen atoms in total. The third-order valence-electron chi connectivity index (χ3n) is 3.83. The van der Waals surface area contributed by atoms with Gasteiger partial charge in [0.2, 0.25) is 0 Å². The van der Waals surface area contributed by atoms with E-state index < -0.39 is 42.6 Å². The number of nitrogens with one attached hydrogen (secondary N) is 1. The molecule has 31 heavy (non-hydrogen) atoms. The number of aryl methyl sites for hydroxylation is 1. The van der Waals surface area contributed by atoms with Crippen LogP contribution in [-0.2, 0) is 27.5 Å². The van der Waals surface area contributed by atoms with Crippen molar-refractivity contribution in [3.8, 4) is 11.4 Å². The molecule has 156 valence electrons. The van der Waals surface area contributed by atoms with Gasteiger partial charge >= 0.3 is 29.6 Å². The van der Waals surface area contributed by atoms with Crippen LogP contribution in [-0.4, -0.2) is 32.8 Å². The monoisotopic (exact) mass is 493 g/mol. The van der Waals surface area contributed by atoms with Crippen molar-refractivity contribution in [3.63, 3.8) is 0 Å². The van der Waals surface area contributed by atoms with Crippen LogP contribution in [0.1, 0.15) is 5.69 Å². The largest absolute Gasteiger partial charge is 1.00 e. The van der Waals surface area contributed by atoms with Gasteiger partial charge in [-0.15, -0.1) is 10.2 Å². The molecule has 0 aliphatic rings. The molecule has 0 unspecified atom stereocenters. The smallest absolute Gasteiger partial charge is 0.744 e. The van der Waals surface area contributed by atoms with E-state index in [1.807, 2.05) is 0 Å². The normalized spacial score (nSPS) is 11.0. The molecule has 0 spiro atoms. The van der Waals surface area contributed by atoms with Crippen molar-refractivity contribution < 1.29 is 69.9 Å². The Labute approximate surface area is 207 Å². The summed E-state index contributed by atoms with van der Waals surface area (Å²) in [6.45, 7) is 1.52. The number of rotatable bonds is 5. The molecule has 1 heterocycles. The molecule has 0 saturated heterocycles. The summed E-state index contributed by atoms with van der Waals surface area (Å²) in [5.41, 5.74) is -1.41. The van der Waals surface area contributed by atoms with Crippen LogP contribution in [0, 0.1) is 17.0 Å². The number of phenolic OH excluding ortho intramolecular Hbond substituents is 1. The number of non-ortho nitro benzene ring substituents is 1. The van der Waals surface area contributed by atoms with Crippen molar-refractivity contribution in [2.75, 3.05) is 0 Å². The quantitative estimate of drug-likeness (QED) is 0.156. The van der Waals surface area contributed by atoms with Gasteiger partial charge in [-0.1, -0.05) is 18.2 Å². The van der Waals surface area contributed by atoms with Crippen LogP contribution >= 0.6 is 0 Å². The fourth-order valence-electron chi connectivity index (χ4n) is 2.47. The molecule has 3 aromatic rings. The molecule has 15 heteroatoms. The van der Waals surface area contributed by atoms with Crippen LogP contribution in [0.25, 0.3) is 5.69 Å². The number of nitro benzene ring substituents is 1. The second-order valence-electron chi connectivity index (χ2n) is 5.78. The first-order valence-electron chi connectivity index (χ1n) is 7.85. The zero-order valence-corrected chi connectivity index (χ0v) is 20.1. The number of benzene rings is 2. The van der Waals surface area contributed by atoms with E-state index >= 15 is 0 Å². The minimum Gasteiger partial charge on any atom is -0.744 e. The van der Waals surface area contributed by atoms with Crippen LogP contribution in [0.2, 0.25) is 0 Å². The zero-order valence-electron chi connectivity index (χ0n) is 16.0. The number of aromatic amines is 1. The summed E-state index contributed by atoms with van der Waals surface area (Å²) >= 11 is 0. The minimum atomic E-state index is -5.22. The Kier molecular flexibility index (Phi) is 8.91. The molecule has 2 aromatic carbocycles. The Bertz CT molecular complexity index is 1310. The first kappa shape index (κ1) is 26.7. The van der Waals surface area contributed by atoms with Gasteiger partial charge in [-0.05, 0) is 19.1 Å². The minimum absolute atomic E-state index is 0. The van der Waals surface area contributed by atoms with Crippen LogP contribution in [0.15, 0.2) is 62.4 Å². The molecule has 0 radical (unpaired) electrons. The molecule has 1 aromatic heterocycles. The van der Waals surface area contributed by atoms with Crippen LogP contribution in [0.4, 0.5) is 17.1 Å². The van der Waals surface area contributed by atoms with Gasteiger partial charge in [-0.2, -0.15) is 0 Å². The number of hydrogen-bond acceptors (Lipinski definition) is 9. The van der Waals surface area contributed by atoms with Crippen molar-refractivity contribution in [3.05, 3.63) is 68.6 Å². The van der Waals surface area contributed by atoms with Gasteiger partial charge in [0.05, 0.1) is 16.3 Å². The van der Waals surface area contributed by atoms with Crippen LogP contribution in [0.5, 0.6) is 5.75 Å². The van der Waals surface area contributed by atoms with E-state index in [-0.39, 0.29) is 52.6 Å². The van der Waals surface area contributed by atoms with Crippen molar-refractivity contribution in [2.45, 2.75) is 11.8 Å². The summed E-state index contributed by atoms with van der Waals surface area (Å²) in [5.74, 6) is -1.11. The van der Waals surface area contributed by atoms with Crippen molar-refractivity contribution in [2.24, 2.45) is 10.2 Å². The SMILES string of the molecule is Cc1[nH]n(-c2ccccc2)c(=O)c1N=Nc1cc([N+](=O)[O-])cc(S(=O)(=O)[O-])c1O.[Cr].[Na+]. The summed E-state index contributed by atoms with van der Waals surface area (Å²) in [7, 11) is -5.22. The second-order valence-corrected chi connectivity index (χ2v) is 7.13. The van der Waals surface area contributed by atoms with Crippen molar-refractivity contribution in [1.29, 1.82) is 0 Å². The Balaban J connectivity index is 0.00000240. The first-order chi connectivity index (χ1) is 13.6. The van der Waals surface area contributed by atoms with Gasteiger partial charge in [0, 0.05) is 29.5 Å². The number of hydrogen-bond donors (Lipinski definition) is 2. The average Bonchev–Trinajstić information content (AvgIpc) is 2.94. The van der Waals surface area contributed by atoms with E-state index in [0.717, 1.165) is 6.07 Å². The molecule has 0 aliphatic carbocycles. The summed E-state index contributed by atoms with van der Waals surface area (Å²) < 4.78 is 34.9. The number of aromatic hydroxyl groups is 1. The second kappa shape index (κ2) is 10.3. The maximum atomic E-state index is 12.6. The molecule has 0 bridgehead atoms. The van der Waals surface area contributed by atoms with E-state index in [9.17, 15) is 33.0 Å². The number of azo groups is 1. The van der Waals surface area contributed by atoms with Gasteiger partial charge in [0.1, 0.15) is 20.7 Å². The number of nitrogens with zero attached hydrogens (tertiary/aromatic N) is 4.